The van der Waals surface area contributed by atoms with Crippen molar-refractivity contribution in [2.75, 3.05) is 5.75 Å². The molecular weight excluding hydrogens is 388 g/mol. The summed E-state index contributed by atoms with van der Waals surface area (Å²) in [6.07, 6.45) is 25.8. The summed E-state index contributed by atoms with van der Waals surface area (Å²) in [7, 11) is 0. The molecule has 1 heterocycles. The minimum absolute atomic E-state index is 0.787. The van der Waals surface area contributed by atoms with Crippen LogP contribution in [-0.4, -0.2) is 16.0 Å². The first-order valence-electron chi connectivity index (χ1n) is 11.5. The Morgan fingerprint density at radius 2 is 1.11 bits per heavy atom. The molecule has 0 bridgehead atoms. The van der Waals surface area contributed by atoms with Crippen molar-refractivity contribution in [3.63, 3.8) is 0 Å². The fourth-order valence-electron chi connectivity index (χ4n) is 3.44. The van der Waals surface area contributed by atoms with Gasteiger partial charge < -0.3 is 0 Å². The van der Waals surface area contributed by atoms with Crippen LogP contribution in [0.5, 0.6) is 0 Å². The van der Waals surface area contributed by atoms with E-state index in [4.69, 9.17) is 12.2 Å². The third-order valence-electron chi connectivity index (χ3n) is 5.14. The van der Waals surface area contributed by atoms with Crippen molar-refractivity contribution in [2.24, 2.45) is 0 Å². The maximum Gasteiger partial charge on any atom is 0.177 e. The monoisotopic (exact) mass is 430 g/mol. The number of rotatable bonds is 20. The topological polar surface area (TPSA) is 28.7 Å². The Balaban J connectivity index is 1.68. The fraction of sp³-hybridized carbons (Fsp3) is 0.909. The molecule has 0 aliphatic carbocycles. The molecule has 0 amide bonds. The van der Waals surface area contributed by atoms with Gasteiger partial charge in [0.15, 0.2) is 8.29 Å². The Morgan fingerprint density at radius 1 is 0.704 bits per heavy atom. The van der Waals surface area contributed by atoms with E-state index < -0.39 is 0 Å². The number of hydrogen-bond acceptors (Lipinski definition) is 4. The van der Waals surface area contributed by atoms with Gasteiger partial charge in [-0.15, -0.1) is 0 Å². The highest BCUT2D eigenvalue weighted by molar-refractivity contribution is 8.01. The molecule has 1 aromatic heterocycles. The van der Waals surface area contributed by atoms with Gasteiger partial charge in [-0.25, -0.2) is 0 Å². The van der Waals surface area contributed by atoms with Crippen LogP contribution in [-0.2, 0) is 0 Å². The van der Waals surface area contributed by atoms with Gasteiger partial charge in [0, 0.05) is 5.75 Å². The molecule has 0 saturated carbocycles. The number of thioether (sulfide) groups is 1. The van der Waals surface area contributed by atoms with Gasteiger partial charge in [0.25, 0.3) is 0 Å². The maximum absolute atomic E-state index is 5.05. The predicted octanol–water partition coefficient (Wildman–Crippen LogP) is 9.33. The molecule has 0 radical (unpaired) electrons. The maximum atomic E-state index is 5.05. The van der Waals surface area contributed by atoms with Crippen LogP contribution >= 0.6 is 35.3 Å². The molecule has 0 saturated heterocycles. The second-order valence-electron chi connectivity index (χ2n) is 7.74. The number of nitrogens with zero attached hydrogens (tertiary/aromatic N) is 1. The summed E-state index contributed by atoms with van der Waals surface area (Å²) in [5, 5.41) is 7.03. The van der Waals surface area contributed by atoms with Gasteiger partial charge in [-0.05, 0) is 18.6 Å². The van der Waals surface area contributed by atoms with Crippen LogP contribution < -0.4 is 0 Å². The number of H-pyrrole nitrogens is 1. The highest BCUT2D eigenvalue weighted by Gasteiger charge is 1.99. The van der Waals surface area contributed by atoms with Gasteiger partial charge in [-0.3, -0.25) is 5.10 Å². The summed E-state index contributed by atoms with van der Waals surface area (Å²) in [6.45, 7) is 2.29. The van der Waals surface area contributed by atoms with Crippen molar-refractivity contribution in [3.05, 3.63) is 3.95 Å². The van der Waals surface area contributed by atoms with E-state index in [1.165, 1.54) is 121 Å². The van der Waals surface area contributed by atoms with Gasteiger partial charge in [-0.1, -0.05) is 139 Å². The van der Waals surface area contributed by atoms with Crippen molar-refractivity contribution in [1.82, 2.24) is 10.2 Å². The smallest absolute Gasteiger partial charge is 0.177 e. The SMILES string of the molecule is CCCCCCCCCCCCCCCCCCCCSc1n[nH]c(=S)s1. The number of aromatic nitrogens is 2. The molecule has 0 spiro atoms. The molecule has 0 aliphatic heterocycles. The van der Waals surface area contributed by atoms with Gasteiger partial charge in [0.2, 0.25) is 0 Å². The van der Waals surface area contributed by atoms with Crippen molar-refractivity contribution in [2.45, 2.75) is 127 Å². The summed E-state index contributed by atoms with van der Waals surface area (Å²) in [5.74, 6) is 1.18. The van der Waals surface area contributed by atoms with E-state index in [0.29, 0.717) is 0 Å². The standard InChI is InChI=1S/C22H42N2S3/c1-2-3-4-5-6-7-8-9-10-11-12-13-14-15-16-17-18-19-20-26-22-24-23-21(25)27-22/h2-20H2,1H3,(H,23,25). The summed E-state index contributed by atoms with van der Waals surface area (Å²) in [6, 6.07) is 0. The van der Waals surface area contributed by atoms with E-state index in [1.807, 2.05) is 11.8 Å². The van der Waals surface area contributed by atoms with Gasteiger partial charge >= 0.3 is 0 Å². The fourth-order valence-corrected chi connectivity index (χ4v) is 5.59. The van der Waals surface area contributed by atoms with Crippen LogP contribution in [0.4, 0.5) is 0 Å². The lowest BCUT2D eigenvalue weighted by Crippen LogP contribution is -1.85. The molecule has 158 valence electrons. The van der Waals surface area contributed by atoms with Crippen molar-refractivity contribution in [3.8, 4) is 0 Å². The zero-order valence-electron chi connectivity index (χ0n) is 17.6. The predicted molar refractivity (Wildman–Crippen MR) is 127 cm³/mol. The first-order valence-corrected chi connectivity index (χ1v) is 13.7. The lowest BCUT2D eigenvalue weighted by molar-refractivity contribution is 0.526. The van der Waals surface area contributed by atoms with Gasteiger partial charge in [-0.2, -0.15) is 5.10 Å². The average Bonchev–Trinajstić information content (AvgIpc) is 3.09. The Hall–Kier alpha value is 0.130. The molecule has 0 fully saturated rings. The Morgan fingerprint density at radius 3 is 1.48 bits per heavy atom. The molecule has 1 rings (SSSR count). The Labute approximate surface area is 181 Å². The Kier molecular flexibility index (Phi) is 18.1. The zero-order valence-corrected chi connectivity index (χ0v) is 20.1. The van der Waals surface area contributed by atoms with Crippen LogP contribution in [0.3, 0.4) is 0 Å². The quantitative estimate of drug-likeness (QED) is 0.127. The first kappa shape index (κ1) is 25.2. The Bertz CT molecular complexity index is 470. The highest BCUT2D eigenvalue weighted by Crippen LogP contribution is 2.22. The number of hydrogen-bond donors (Lipinski definition) is 1. The molecule has 2 nitrogen and oxygen atoms in total. The summed E-state index contributed by atoms with van der Waals surface area (Å²) in [5.41, 5.74) is 0. The largest absolute Gasteiger partial charge is 0.257 e. The second-order valence-corrected chi connectivity index (χ2v) is 10.7. The summed E-state index contributed by atoms with van der Waals surface area (Å²) >= 11 is 8.47. The summed E-state index contributed by atoms with van der Waals surface area (Å²) < 4.78 is 1.88. The molecule has 0 unspecified atom stereocenters. The van der Waals surface area contributed by atoms with Crippen LogP contribution in [0, 0.1) is 3.95 Å². The molecule has 27 heavy (non-hydrogen) atoms. The average molecular weight is 431 g/mol. The van der Waals surface area contributed by atoms with Crippen molar-refractivity contribution in [1.29, 1.82) is 0 Å². The number of unbranched alkanes of at least 4 members (excludes halogenated alkanes) is 17. The first-order chi connectivity index (χ1) is 13.3. The van der Waals surface area contributed by atoms with Crippen molar-refractivity contribution >= 4 is 35.3 Å². The van der Waals surface area contributed by atoms with E-state index in [2.05, 4.69) is 17.1 Å². The minimum Gasteiger partial charge on any atom is -0.257 e. The van der Waals surface area contributed by atoms with E-state index in [0.717, 1.165) is 8.29 Å². The summed E-state index contributed by atoms with van der Waals surface area (Å²) in [4.78, 5) is 0. The molecular formula is C22H42N2S3. The van der Waals surface area contributed by atoms with E-state index in [9.17, 15) is 0 Å². The second kappa shape index (κ2) is 19.4. The lowest BCUT2D eigenvalue weighted by Gasteiger charge is -2.03. The van der Waals surface area contributed by atoms with Gasteiger partial charge in [0.05, 0.1) is 0 Å². The molecule has 1 aromatic rings. The zero-order chi connectivity index (χ0) is 19.4. The lowest BCUT2D eigenvalue weighted by atomic mass is 10.0. The highest BCUT2D eigenvalue weighted by atomic mass is 32.2. The van der Waals surface area contributed by atoms with Crippen LogP contribution in [0.2, 0.25) is 0 Å². The number of nitrogens with one attached hydrogen (secondary N) is 1. The van der Waals surface area contributed by atoms with Crippen LogP contribution in [0.15, 0.2) is 4.34 Å². The van der Waals surface area contributed by atoms with E-state index in [-0.39, 0.29) is 0 Å². The normalized spacial score (nSPS) is 11.3. The van der Waals surface area contributed by atoms with Crippen LogP contribution in [0.1, 0.15) is 122 Å². The van der Waals surface area contributed by atoms with Crippen LogP contribution in [0.25, 0.3) is 0 Å². The number of aromatic amines is 1. The molecule has 0 atom stereocenters. The van der Waals surface area contributed by atoms with Crippen molar-refractivity contribution < 1.29 is 0 Å². The molecule has 1 N–H and O–H groups in total. The molecule has 0 aromatic carbocycles. The van der Waals surface area contributed by atoms with E-state index in [1.54, 1.807) is 11.3 Å². The minimum atomic E-state index is 0.787. The van der Waals surface area contributed by atoms with Gasteiger partial charge in [0.1, 0.15) is 0 Å². The third kappa shape index (κ3) is 16.8. The molecule has 0 aliphatic rings. The molecule has 5 heteroatoms. The third-order valence-corrected chi connectivity index (χ3v) is 7.46. The van der Waals surface area contributed by atoms with E-state index >= 15 is 0 Å².